The molecular formula is C38H30Cl2F2N6O4. The molecule has 0 aliphatic rings. The fourth-order valence-electron chi connectivity index (χ4n) is 4.94. The highest BCUT2D eigenvalue weighted by molar-refractivity contribution is 6.30. The van der Waals surface area contributed by atoms with E-state index in [2.05, 4.69) is 25.6 Å². The summed E-state index contributed by atoms with van der Waals surface area (Å²) >= 11 is 11.8. The standard InChI is InChI=1S/C25H21ClF2N4O3.C13H9ClN2O/c1-13(2)23(33)30-12-14-9-18(21(22(27)28)29-11-14)24(34)31-17-7-8-20-19(10-17)32-25(35-20)15-3-5-16(26)6-4-15;14-9-3-1-8(2-4-9)13-16-11-7-10(15)5-6-12(11)17-13/h3-11,13,22H,12H2,1-2H3,(H,30,33)(H,31,34);1-7H,15H2. The van der Waals surface area contributed by atoms with Gasteiger partial charge in [-0.05, 0) is 96.6 Å². The Morgan fingerprint density at radius 1 is 0.788 bits per heavy atom. The number of oxazole rings is 2. The first-order valence-corrected chi connectivity index (χ1v) is 16.6. The minimum absolute atomic E-state index is 0.0617. The van der Waals surface area contributed by atoms with E-state index in [1.165, 1.54) is 12.3 Å². The van der Waals surface area contributed by atoms with Gasteiger partial charge >= 0.3 is 0 Å². The molecule has 10 nitrogen and oxygen atoms in total. The Hall–Kier alpha value is -5.85. The molecular weight excluding hydrogens is 713 g/mol. The zero-order chi connectivity index (χ0) is 36.9. The van der Waals surface area contributed by atoms with E-state index in [4.69, 9.17) is 37.8 Å². The average molecular weight is 744 g/mol. The van der Waals surface area contributed by atoms with Gasteiger partial charge < -0.3 is 25.2 Å². The average Bonchev–Trinajstić information content (AvgIpc) is 3.75. The zero-order valence-corrected chi connectivity index (χ0v) is 29.2. The van der Waals surface area contributed by atoms with Crippen LogP contribution in [0.1, 0.15) is 41.9 Å². The maximum Gasteiger partial charge on any atom is 0.281 e. The first-order chi connectivity index (χ1) is 24.9. The van der Waals surface area contributed by atoms with Crippen LogP contribution in [0.15, 0.2) is 106 Å². The molecule has 0 atom stereocenters. The number of fused-ring (bicyclic) bond motifs is 2. The highest BCUT2D eigenvalue weighted by Gasteiger charge is 2.22. The minimum Gasteiger partial charge on any atom is -0.436 e. The van der Waals surface area contributed by atoms with E-state index in [9.17, 15) is 18.4 Å². The summed E-state index contributed by atoms with van der Waals surface area (Å²) < 4.78 is 38.5. The summed E-state index contributed by atoms with van der Waals surface area (Å²) in [6, 6.07) is 25.8. The second kappa shape index (κ2) is 15.6. The van der Waals surface area contributed by atoms with Crippen molar-refractivity contribution in [1.29, 1.82) is 0 Å². The second-order valence-corrected chi connectivity index (χ2v) is 12.7. The third-order valence-corrected chi connectivity index (χ3v) is 8.16. The maximum atomic E-state index is 13.5. The van der Waals surface area contributed by atoms with Crippen molar-refractivity contribution in [3.8, 4) is 22.9 Å². The number of carbonyl (C=O) groups is 2. The molecule has 7 aromatic rings. The number of hydrogen-bond acceptors (Lipinski definition) is 8. The molecule has 0 aliphatic heterocycles. The molecule has 0 radical (unpaired) electrons. The number of nitrogens with one attached hydrogen (secondary N) is 2. The van der Waals surface area contributed by atoms with Gasteiger partial charge in [0.15, 0.2) is 11.2 Å². The summed E-state index contributed by atoms with van der Waals surface area (Å²) in [4.78, 5) is 37.3. The summed E-state index contributed by atoms with van der Waals surface area (Å²) in [5.74, 6) is -0.251. The molecule has 0 spiro atoms. The molecule has 0 unspecified atom stereocenters. The topological polar surface area (TPSA) is 149 Å². The number of amides is 2. The van der Waals surface area contributed by atoms with E-state index in [0.29, 0.717) is 49.9 Å². The van der Waals surface area contributed by atoms with Gasteiger partial charge in [-0.25, -0.2) is 18.7 Å². The van der Waals surface area contributed by atoms with Crippen molar-refractivity contribution in [2.45, 2.75) is 26.8 Å². The summed E-state index contributed by atoms with van der Waals surface area (Å²) in [5, 5.41) is 6.56. The lowest BCUT2D eigenvalue weighted by Crippen LogP contribution is -2.27. The summed E-state index contributed by atoms with van der Waals surface area (Å²) in [5.41, 5.74) is 10.3. The number of pyridine rings is 1. The minimum atomic E-state index is -2.95. The number of nitrogens with two attached hydrogens (primary N) is 1. The van der Waals surface area contributed by atoms with E-state index >= 15 is 0 Å². The number of hydrogen-bond donors (Lipinski definition) is 3. The van der Waals surface area contributed by atoms with Crippen molar-refractivity contribution in [1.82, 2.24) is 20.3 Å². The summed E-state index contributed by atoms with van der Waals surface area (Å²) in [6.07, 6.45) is -1.73. The van der Waals surface area contributed by atoms with E-state index in [0.717, 1.165) is 22.2 Å². The molecule has 3 aromatic heterocycles. The molecule has 3 heterocycles. The Morgan fingerprint density at radius 3 is 1.90 bits per heavy atom. The van der Waals surface area contributed by atoms with Gasteiger partial charge in [0, 0.05) is 51.2 Å². The van der Waals surface area contributed by atoms with E-state index in [1.54, 1.807) is 80.6 Å². The van der Waals surface area contributed by atoms with Crippen LogP contribution < -0.4 is 16.4 Å². The van der Waals surface area contributed by atoms with E-state index in [-0.39, 0.29) is 23.9 Å². The van der Waals surface area contributed by atoms with Crippen LogP contribution in [0, 0.1) is 5.92 Å². The SMILES string of the molecule is CC(C)C(=O)NCc1cnc(C(F)F)c(C(=O)Nc2ccc3oc(-c4ccc(Cl)cc4)nc3c2)c1.Nc1ccc2oc(-c3ccc(Cl)cc3)nc2c1. The zero-order valence-electron chi connectivity index (χ0n) is 27.7. The van der Waals surface area contributed by atoms with Crippen LogP contribution in [0.5, 0.6) is 0 Å². The van der Waals surface area contributed by atoms with E-state index < -0.39 is 18.0 Å². The van der Waals surface area contributed by atoms with Crippen molar-refractivity contribution in [3.63, 3.8) is 0 Å². The molecule has 14 heteroatoms. The lowest BCUT2D eigenvalue weighted by atomic mass is 10.1. The van der Waals surface area contributed by atoms with Gasteiger partial charge in [-0.15, -0.1) is 0 Å². The molecule has 0 bridgehead atoms. The Bertz CT molecular complexity index is 2380. The van der Waals surface area contributed by atoms with Gasteiger partial charge in [0.2, 0.25) is 17.7 Å². The Labute approximate surface area is 306 Å². The molecule has 4 aromatic carbocycles. The van der Waals surface area contributed by atoms with Gasteiger partial charge in [0.05, 0.1) is 5.56 Å². The van der Waals surface area contributed by atoms with Crippen LogP contribution in [-0.2, 0) is 11.3 Å². The lowest BCUT2D eigenvalue weighted by molar-refractivity contribution is -0.124. The van der Waals surface area contributed by atoms with Gasteiger partial charge in [-0.3, -0.25) is 14.6 Å². The van der Waals surface area contributed by atoms with Crippen LogP contribution >= 0.6 is 23.2 Å². The molecule has 4 N–H and O–H groups in total. The highest BCUT2D eigenvalue weighted by Crippen LogP contribution is 2.29. The molecule has 0 saturated carbocycles. The third-order valence-electron chi connectivity index (χ3n) is 7.66. The summed E-state index contributed by atoms with van der Waals surface area (Å²) in [7, 11) is 0. The first-order valence-electron chi connectivity index (χ1n) is 15.9. The highest BCUT2D eigenvalue weighted by atomic mass is 35.5. The Kier molecular flexibility index (Phi) is 10.8. The number of aromatic nitrogens is 3. The largest absolute Gasteiger partial charge is 0.436 e. The molecule has 2 amide bonds. The van der Waals surface area contributed by atoms with Crippen molar-refractivity contribution in [2.75, 3.05) is 11.1 Å². The number of benzene rings is 4. The molecule has 0 fully saturated rings. The molecule has 0 aliphatic carbocycles. The van der Waals surface area contributed by atoms with Crippen LogP contribution in [-0.4, -0.2) is 26.8 Å². The first kappa shape index (κ1) is 36.0. The van der Waals surface area contributed by atoms with Crippen LogP contribution in [0.4, 0.5) is 20.2 Å². The van der Waals surface area contributed by atoms with Gasteiger partial charge in [0.25, 0.3) is 12.3 Å². The normalized spacial score (nSPS) is 11.2. The monoisotopic (exact) mass is 742 g/mol. The number of carbonyl (C=O) groups excluding carboxylic acids is 2. The number of halogens is 4. The predicted octanol–water partition coefficient (Wildman–Crippen LogP) is 9.74. The van der Waals surface area contributed by atoms with Crippen LogP contribution in [0.25, 0.3) is 45.1 Å². The number of alkyl halides is 2. The van der Waals surface area contributed by atoms with Gasteiger partial charge in [-0.2, -0.15) is 0 Å². The Morgan fingerprint density at radius 2 is 1.35 bits per heavy atom. The number of nitrogen functional groups attached to an aromatic ring is 1. The molecule has 52 heavy (non-hydrogen) atoms. The van der Waals surface area contributed by atoms with Crippen molar-refractivity contribution in [3.05, 3.63) is 124 Å². The number of nitrogens with zero attached hydrogens (tertiary/aromatic N) is 3. The van der Waals surface area contributed by atoms with E-state index in [1.807, 2.05) is 18.2 Å². The van der Waals surface area contributed by atoms with Gasteiger partial charge in [0.1, 0.15) is 16.7 Å². The molecule has 7 rings (SSSR count). The Balaban J connectivity index is 0.000000226. The fraction of sp³-hybridized carbons (Fsp3) is 0.132. The summed E-state index contributed by atoms with van der Waals surface area (Å²) in [6.45, 7) is 3.53. The molecule has 0 saturated heterocycles. The predicted molar refractivity (Wildman–Crippen MR) is 197 cm³/mol. The third kappa shape index (κ3) is 8.53. The lowest BCUT2D eigenvalue weighted by Gasteiger charge is -2.12. The smallest absolute Gasteiger partial charge is 0.281 e. The van der Waals surface area contributed by atoms with Crippen molar-refractivity contribution >= 4 is 68.6 Å². The number of anilines is 2. The quantitative estimate of drug-likeness (QED) is 0.130. The second-order valence-electron chi connectivity index (χ2n) is 11.9. The van der Waals surface area contributed by atoms with Gasteiger partial charge in [-0.1, -0.05) is 37.0 Å². The van der Waals surface area contributed by atoms with Crippen molar-refractivity contribution < 1.29 is 27.2 Å². The van der Waals surface area contributed by atoms with Crippen molar-refractivity contribution in [2.24, 2.45) is 5.92 Å². The van der Waals surface area contributed by atoms with Crippen LogP contribution in [0.2, 0.25) is 10.0 Å². The number of rotatable bonds is 8. The van der Waals surface area contributed by atoms with Crippen LogP contribution in [0.3, 0.4) is 0 Å². The molecule has 264 valence electrons. The fourth-order valence-corrected chi connectivity index (χ4v) is 5.20. The maximum absolute atomic E-state index is 13.5.